The van der Waals surface area contributed by atoms with E-state index in [-0.39, 0.29) is 6.04 Å². The van der Waals surface area contributed by atoms with Gasteiger partial charge in [-0.25, -0.2) is 0 Å². The van der Waals surface area contributed by atoms with E-state index in [4.69, 9.17) is 5.73 Å². The van der Waals surface area contributed by atoms with Gasteiger partial charge >= 0.3 is 0 Å². The number of nitrogens with two attached hydrogens (primary N) is 1. The number of hydrogen-bond donors (Lipinski definition) is 1. The Morgan fingerprint density at radius 3 is 2.82 bits per heavy atom. The van der Waals surface area contributed by atoms with Crippen LogP contribution in [0.15, 0.2) is 24.3 Å². The van der Waals surface area contributed by atoms with Crippen molar-refractivity contribution in [2.45, 2.75) is 19.4 Å². The van der Waals surface area contributed by atoms with Gasteiger partial charge in [-0.15, -0.1) is 0 Å². The largest absolute Gasteiger partial charge is 0.324 e. The molecule has 2 atom stereocenters. The molecule has 0 spiro atoms. The third-order valence-electron chi connectivity index (χ3n) is 2.57. The van der Waals surface area contributed by atoms with Gasteiger partial charge in [-0.1, -0.05) is 31.2 Å². The van der Waals surface area contributed by atoms with Crippen molar-refractivity contribution in [2.24, 2.45) is 11.7 Å². The predicted octanol–water partition coefficient (Wildman–Crippen LogP) is 1.88. The summed E-state index contributed by atoms with van der Waals surface area (Å²) in [5, 5.41) is 0. The van der Waals surface area contributed by atoms with Crippen molar-refractivity contribution in [1.29, 1.82) is 0 Å². The molecule has 11 heavy (non-hydrogen) atoms. The molecule has 1 nitrogen and oxygen atoms in total. The Balaban J connectivity index is 2.47. The summed E-state index contributed by atoms with van der Waals surface area (Å²) >= 11 is 0. The highest BCUT2D eigenvalue weighted by molar-refractivity contribution is 5.34. The molecule has 0 fully saturated rings. The van der Waals surface area contributed by atoms with Gasteiger partial charge in [0.05, 0.1) is 0 Å². The predicted molar refractivity (Wildman–Crippen MR) is 46.2 cm³/mol. The molecule has 0 aliphatic heterocycles. The Kier molecular flexibility index (Phi) is 1.46. The van der Waals surface area contributed by atoms with E-state index in [1.54, 1.807) is 0 Å². The zero-order valence-electron chi connectivity index (χ0n) is 6.75. The lowest BCUT2D eigenvalue weighted by atomic mass is 10.0. The summed E-state index contributed by atoms with van der Waals surface area (Å²) in [5.74, 6) is 0.618. The van der Waals surface area contributed by atoms with E-state index < -0.39 is 0 Å². The normalized spacial score (nSPS) is 28.5. The van der Waals surface area contributed by atoms with Crippen LogP contribution >= 0.6 is 0 Å². The summed E-state index contributed by atoms with van der Waals surface area (Å²) in [6.07, 6.45) is 1.15. The fourth-order valence-electron chi connectivity index (χ4n) is 1.83. The molecule has 1 aliphatic carbocycles. The second-order valence-corrected chi connectivity index (χ2v) is 3.41. The molecule has 1 aromatic carbocycles. The zero-order chi connectivity index (χ0) is 7.84. The van der Waals surface area contributed by atoms with Gasteiger partial charge in [0, 0.05) is 6.04 Å². The van der Waals surface area contributed by atoms with Gasteiger partial charge < -0.3 is 5.73 Å². The van der Waals surface area contributed by atoms with E-state index in [2.05, 4.69) is 31.2 Å². The minimum absolute atomic E-state index is 0.270. The molecular weight excluding hydrogens is 134 g/mol. The minimum Gasteiger partial charge on any atom is -0.324 e. The van der Waals surface area contributed by atoms with Crippen molar-refractivity contribution in [3.05, 3.63) is 35.4 Å². The number of fused-ring (bicyclic) bond motifs is 1. The van der Waals surface area contributed by atoms with Gasteiger partial charge in [0.15, 0.2) is 0 Å². The van der Waals surface area contributed by atoms with Crippen LogP contribution in [0.25, 0.3) is 0 Å². The lowest BCUT2D eigenvalue weighted by molar-refractivity contribution is 0.513. The van der Waals surface area contributed by atoms with Crippen molar-refractivity contribution >= 4 is 0 Å². The zero-order valence-corrected chi connectivity index (χ0v) is 6.75. The topological polar surface area (TPSA) is 26.0 Å². The first-order chi connectivity index (χ1) is 5.29. The Morgan fingerprint density at radius 2 is 2.09 bits per heavy atom. The second-order valence-electron chi connectivity index (χ2n) is 3.41. The molecule has 1 aromatic rings. The van der Waals surface area contributed by atoms with Gasteiger partial charge in [0.25, 0.3) is 0 Å². The molecule has 0 amide bonds. The number of hydrogen-bond acceptors (Lipinski definition) is 1. The summed E-state index contributed by atoms with van der Waals surface area (Å²) in [7, 11) is 0. The van der Waals surface area contributed by atoms with E-state index in [1.807, 2.05) is 0 Å². The quantitative estimate of drug-likeness (QED) is 0.595. The second kappa shape index (κ2) is 2.35. The van der Waals surface area contributed by atoms with Gasteiger partial charge in [0.1, 0.15) is 0 Å². The Hall–Kier alpha value is -0.820. The van der Waals surface area contributed by atoms with Crippen molar-refractivity contribution in [1.82, 2.24) is 0 Å². The van der Waals surface area contributed by atoms with E-state index in [0.29, 0.717) is 5.92 Å². The minimum atomic E-state index is 0.270. The van der Waals surface area contributed by atoms with Crippen LogP contribution in [0.5, 0.6) is 0 Å². The van der Waals surface area contributed by atoms with E-state index in [9.17, 15) is 0 Å². The van der Waals surface area contributed by atoms with E-state index >= 15 is 0 Å². The van der Waals surface area contributed by atoms with E-state index in [1.165, 1.54) is 11.1 Å². The first kappa shape index (κ1) is 6.86. The summed E-state index contributed by atoms with van der Waals surface area (Å²) < 4.78 is 0. The Labute approximate surface area is 67.2 Å². The van der Waals surface area contributed by atoms with Gasteiger partial charge in [0.2, 0.25) is 0 Å². The molecule has 0 bridgehead atoms. The Bertz CT molecular complexity index is 267. The van der Waals surface area contributed by atoms with Crippen LogP contribution in [0.1, 0.15) is 24.1 Å². The molecule has 1 aliphatic rings. The van der Waals surface area contributed by atoms with Crippen molar-refractivity contribution in [3.63, 3.8) is 0 Å². The summed E-state index contributed by atoms with van der Waals surface area (Å²) in [6.45, 7) is 2.21. The van der Waals surface area contributed by atoms with Crippen LogP contribution in [0.2, 0.25) is 0 Å². The highest BCUT2D eigenvalue weighted by Gasteiger charge is 2.24. The average Bonchev–Trinajstić information content (AvgIpc) is 2.30. The maximum atomic E-state index is 5.99. The lowest BCUT2D eigenvalue weighted by Gasteiger charge is -2.08. The van der Waals surface area contributed by atoms with Crippen molar-refractivity contribution in [2.75, 3.05) is 0 Å². The third-order valence-corrected chi connectivity index (χ3v) is 2.57. The van der Waals surface area contributed by atoms with Gasteiger partial charge in [-0.05, 0) is 23.5 Å². The average molecular weight is 147 g/mol. The molecule has 2 rings (SSSR count). The molecule has 0 unspecified atom stereocenters. The first-order valence-electron chi connectivity index (χ1n) is 4.12. The number of rotatable bonds is 0. The van der Waals surface area contributed by atoms with Crippen LogP contribution in [0, 0.1) is 5.92 Å². The molecule has 0 heterocycles. The van der Waals surface area contributed by atoms with Gasteiger partial charge in [-0.2, -0.15) is 0 Å². The van der Waals surface area contributed by atoms with Crippen molar-refractivity contribution in [3.8, 4) is 0 Å². The van der Waals surface area contributed by atoms with Crippen LogP contribution in [0.4, 0.5) is 0 Å². The summed E-state index contributed by atoms with van der Waals surface area (Å²) in [6, 6.07) is 8.74. The monoisotopic (exact) mass is 147 g/mol. The standard InChI is InChI=1S/C10H13N/c1-7-6-8-4-2-3-5-9(8)10(7)11/h2-5,7,10H,6,11H2,1H3/t7-,10+/m0/s1. The first-order valence-corrected chi connectivity index (χ1v) is 4.12. The SMILES string of the molecule is C[C@H]1Cc2ccccc2[C@@H]1N. The van der Waals surface area contributed by atoms with E-state index in [0.717, 1.165) is 6.42 Å². The van der Waals surface area contributed by atoms with Gasteiger partial charge in [-0.3, -0.25) is 0 Å². The molecule has 1 heteroatoms. The van der Waals surface area contributed by atoms with Crippen molar-refractivity contribution < 1.29 is 0 Å². The van der Waals surface area contributed by atoms with Crippen LogP contribution in [0.3, 0.4) is 0 Å². The lowest BCUT2D eigenvalue weighted by Crippen LogP contribution is -2.13. The fraction of sp³-hybridized carbons (Fsp3) is 0.400. The maximum Gasteiger partial charge on any atom is 0.0326 e. The summed E-state index contributed by atoms with van der Waals surface area (Å²) in [4.78, 5) is 0. The van der Waals surface area contributed by atoms with Crippen LogP contribution in [-0.2, 0) is 6.42 Å². The molecule has 2 N–H and O–H groups in total. The highest BCUT2D eigenvalue weighted by atomic mass is 14.7. The fourth-order valence-corrected chi connectivity index (χ4v) is 1.83. The van der Waals surface area contributed by atoms with Crippen LogP contribution < -0.4 is 5.73 Å². The maximum absolute atomic E-state index is 5.99. The number of benzene rings is 1. The highest BCUT2D eigenvalue weighted by Crippen LogP contribution is 2.33. The molecule has 0 saturated carbocycles. The molecular formula is C10H13N. The molecule has 0 radical (unpaired) electrons. The van der Waals surface area contributed by atoms with Crippen LogP contribution in [-0.4, -0.2) is 0 Å². The smallest absolute Gasteiger partial charge is 0.0326 e. The summed E-state index contributed by atoms with van der Waals surface area (Å²) in [5.41, 5.74) is 8.77. The molecule has 58 valence electrons. The Morgan fingerprint density at radius 1 is 1.36 bits per heavy atom. The molecule has 0 aromatic heterocycles. The third kappa shape index (κ3) is 0.962. The molecule has 0 saturated heterocycles.